The number of piperazine rings is 1. The summed E-state index contributed by atoms with van der Waals surface area (Å²) in [4.78, 5) is 35.9. The maximum absolute atomic E-state index is 14.2. The van der Waals surface area contributed by atoms with Gasteiger partial charge in [-0.1, -0.05) is 0 Å². The van der Waals surface area contributed by atoms with E-state index < -0.39 is 23.2 Å². The first-order chi connectivity index (χ1) is 9.23. The van der Waals surface area contributed by atoms with E-state index in [0.717, 1.165) is 6.07 Å². The van der Waals surface area contributed by atoms with E-state index in [4.69, 9.17) is 0 Å². The third-order valence-corrected chi connectivity index (χ3v) is 3.43. The number of carbonyl (C=O) groups is 3. The summed E-state index contributed by atoms with van der Waals surface area (Å²) >= 11 is 0. The van der Waals surface area contributed by atoms with E-state index in [-0.39, 0.29) is 23.6 Å². The van der Waals surface area contributed by atoms with Gasteiger partial charge in [0.15, 0.2) is 5.78 Å². The third-order valence-electron chi connectivity index (χ3n) is 3.43. The van der Waals surface area contributed by atoms with Gasteiger partial charge in [-0.3, -0.25) is 19.7 Å². The van der Waals surface area contributed by atoms with E-state index >= 15 is 0 Å². The molecule has 1 N–H and O–H groups in total. The molecule has 6 heteroatoms. The molecule has 1 fully saturated rings. The summed E-state index contributed by atoms with van der Waals surface area (Å²) in [6.07, 6.45) is 0. The average Bonchev–Trinajstić information content (AvgIpc) is 2.34. The minimum absolute atomic E-state index is 0.116. The van der Waals surface area contributed by atoms with Crippen LogP contribution in [0.15, 0.2) is 18.2 Å². The number of rotatable bonds is 2. The van der Waals surface area contributed by atoms with Gasteiger partial charge in [-0.25, -0.2) is 4.39 Å². The van der Waals surface area contributed by atoms with Gasteiger partial charge < -0.3 is 4.90 Å². The van der Waals surface area contributed by atoms with Crippen LogP contribution in [0.3, 0.4) is 0 Å². The average molecular weight is 278 g/mol. The van der Waals surface area contributed by atoms with Crippen LogP contribution >= 0.6 is 0 Å². The van der Waals surface area contributed by atoms with Gasteiger partial charge >= 0.3 is 0 Å². The number of halogens is 1. The van der Waals surface area contributed by atoms with Gasteiger partial charge in [-0.2, -0.15) is 0 Å². The highest BCUT2D eigenvalue weighted by Crippen LogP contribution is 2.29. The zero-order chi connectivity index (χ0) is 15.1. The van der Waals surface area contributed by atoms with Crippen LogP contribution < -0.4 is 10.2 Å². The van der Waals surface area contributed by atoms with Gasteiger partial charge in [0.25, 0.3) is 5.91 Å². The number of imide groups is 1. The van der Waals surface area contributed by atoms with Crippen LogP contribution in [0.5, 0.6) is 0 Å². The summed E-state index contributed by atoms with van der Waals surface area (Å²) in [7, 11) is 0. The molecule has 20 heavy (non-hydrogen) atoms. The molecule has 1 heterocycles. The van der Waals surface area contributed by atoms with Gasteiger partial charge in [-0.05, 0) is 39.0 Å². The molecule has 0 aromatic heterocycles. The van der Waals surface area contributed by atoms with E-state index in [1.54, 1.807) is 13.8 Å². The number of ketones is 1. The predicted molar refractivity (Wildman–Crippen MR) is 71.0 cm³/mol. The van der Waals surface area contributed by atoms with Crippen LogP contribution in [0.4, 0.5) is 10.1 Å². The Labute approximate surface area is 115 Å². The number of nitrogens with zero attached hydrogens (tertiary/aromatic N) is 1. The zero-order valence-corrected chi connectivity index (χ0v) is 11.5. The summed E-state index contributed by atoms with van der Waals surface area (Å²) in [6.45, 7) is 4.44. The Kier molecular flexibility index (Phi) is 3.33. The van der Waals surface area contributed by atoms with Crippen LogP contribution in [0.2, 0.25) is 0 Å². The first-order valence-electron chi connectivity index (χ1n) is 6.16. The maximum atomic E-state index is 14.2. The van der Waals surface area contributed by atoms with E-state index in [9.17, 15) is 18.8 Å². The number of carbonyl (C=O) groups excluding carboxylic acids is 3. The predicted octanol–water partition coefficient (Wildman–Crippen LogP) is 1.27. The summed E-state index contributed by atoms with van der Waals surface area (Å²) in [6, 6.07) is 4.01. The van der Waals surface area contributed by atoms with Gasteiger partial charge in [0.2, 0.25) is 5.91 Å². The Balaban J connectivity index is 2.46. The number of Topliss-reactive ketones (excluding diaryl/α,β-unsaturated/α-hetero) is 1. The van der Waals surface area contributed by atoms with Crippen molar-refractivity contribution in [3.8, 4) is 0 Å². The van der Waals surface area contributed by atoms with Crippen molar-refractivity contribution in [3.63, 3.8) is 0 Å². The molecule has 1 aromatic rings. The largest absolute Gasteiger partial charge is 0.346 e. The van der Waals surface area contributed by atoms with E-state index in [1.807, 2.05) is 0 Å². The minimum atomic E-state index is -1.05. The minimum Gasteiger partial charge on any atom is -0.346 e. The molecule has 2 amide bonds. The topological polar surface area (TPSA) is 66.5 Å². The van der Waals surface area contributed by atoms with Crippen LogP contribution in [-0.4, -0.2) is 29.7 Å². The molecule has 1 aromatic carbocycles. The zero-order valence-electron chi connectivity index (χ0n) is 11.5. The Morgan fingerprint density at radius 2 is 2.00 bits per heavy atom. The molecule has 0 spiro atoms. The first kappa shape index (κ1) is 14.2. The number of hydrogen-bond acceptors (Lipinski definition) is 4. The first-order valence-corrected chi connectivity index (χ1v) is 6.16. The monoisotopic (exact) mass is 278 g/mol. The number of hydrogen-bond donors (Lipinski definition) is 1. The molecule has 0 radical (unpaired) electrons. The fourth-order valence-corrected chi connectivity index (χ4v) is 2.11. The van der Waals surface area contributed by atoms with Gasteiger partial charge in [0, 0.05) is 5.56 Å². The number of anilines is 1. The molecule has 1 aliphatic rings. The van der Waals surface area contributed by atoms with Gasteiger partial charge in [-0.15, -0.1) is 0 Å². The fourth-order valence-electron chi connectivity index (χ4n) is 2.11. The van der Waals surface area contributed by atoms with Crippen molar-refractivity contribution in [1.29, 1.82) is 0 Å². The van der Waals surface area contributed by atoms with E-state index in [2.05, 4.69) is 5.32 Å². The van der Waals surface area contributed by atoms with Crippen molar-refractivity contribution in [2.24, 2.45) is 0 Å². The van der Waals surface area contributed by atoms with Crippen LogP contribution in [0.25, 0.3) is 0 Å². The lowest BCUT2D eigenvalue weighted by Gasteiger charge is -2.41. The summed E-state index contributed by atoms with van der Waals surface area (Å²) in [5, 5.41) is 2.22. The van der Waals surface area contributed by atoms with Crippen LogP contribution in [0.1, 0.15) is 31.1 Å². The summed E-state index contributed by atoms with van der Waals surface area (Å²) in [5.41, 5.74) is -0.674. The van der Waals surface area contributed by atoms with Crippen molar-refractivity contribution in [2.45, 2.75) is 26.3 Å². The molecule has 0 atom stereocenters. The molecule has 2 rings (SSSR count). The highest BCUT2D eigenvalue weighted by atomic mass is 19.1. The highest BCUT2D eigenvalue weighted by Gasteiger charge is 2.41. The number of benzene rings is 1. The summed E-state index contributed by atoms with van der Waals surface area (Å²) < 4.78 is 14.2. The second kappa shape index (κ2) is 4.70. The second-order valence-electron chi connectivity index (χ2n) is 5.24. The summed E-state index contributed by atoms with van der Waals surface area (Å²) in [5.74, 6) is -1.84. The van der Waals surface area contributed by atoms with Crippen molar-refractivity contribution in [3.05, 3.63) is 29.6 Å². The van der Waals surface area contributed by atoms with Gasteiger partial charge in [0.1, 0.15) is 11.4 Å². The molecule has 1 aliphatic heterocycles. The lowest BCUT2D eigenvalue weighted by Crippen LogP contribution is -2.64. The van der Waals surface area contributed by atoms with Crippen molar-refractivity contribution in [1.82, 2.24) is 5.32 Å². The fraction of sp³-hybridized carbons (Fsp3) is 0.357. The molecule has 0 aliphatic carbocycles. The van der Waals surface area contributed by atoms with Crippen molar-refractivity contribution in [2.75, 3.05) is 11.4 Å². The third kappa shape index (κ3) is 2.29. The lowest BCUT2D eigenvalue weighted by molar-refractivity contribution is -0.135. The van der Waals surface area contributed by atoms with Gasteiger partial charge in [0.05, 0.1) is 12.2 Å². The van der Waals surface area contributed by atoms with Crippen LogP contribution in [-0.2, 0) is 9.59 Å². The van der Waals surface area contributed by atoms with Crippen LogP contribution in [0, 0.1) is 5.82 Å². The molecule has 1 saturated heterocycles. The van der Waals surface area contributed by atoms with Crippen molar-refractivity contribution >= 4 is 23.3 Å². The Morgan fingerprint density at radius 1 is 1.35 bits per heavy atom. The SMILES string of the molecule is CC(=O)c1ccc(N2CC(=O)NC(=O)C2(C)C)c(F)c1. The quantitative estimate of drug-likeness (QED) is 0.653. The lowest BCUT2D eigenvalue weighted by atomic mass is 9.97. The highest BCUT2D eigenvalue weighted by molar-refractivity contribution is 6.06. The standard InChI is InChI=1S/C14H15FN2O3/c1-8(18)9-4-5-11(10(15)6-9)17-7-12(19)16-13(20)14(17,2)3/h4-6H,7H2,1-3H3,(H,16,19,20). The normalized spacial score (nSPS) is 17.9. The van der Waals surface area contributed by atoms with Crippen molar-refractivity contribution < 1.29 is 18.8 Å². The molecular formula is C14H15FN2O3. The maximum Gasteiger partial charge on any atom is 0.251 e. The molecular weight excluding hydrogens is 263 g/mol. The molecule has 5 nitrogen and oxygen atoms in total. The number of nitrogens with one attached hydrogen (secondary N) is 1. The Hall–Kier alpha value is -2.24. The molecule has 106 valence electrons. The Morgan fingerprint density at radius 3 is 2.55 bits per heavy atom. The smallest absolute Gasteiger partial charge is 0.251 e. The van der Waals surface area contributed by atoms with E-state index in [1.165, 1.54) is 24.0 Å². The molecule has 0 unspecified atom stereocenters. The van der Waals surface area contributed by atoms with E-state index in [0.29, 0.717) is 0 Å². The number of amides is 2. The Bertz CT molecular complexity index is 610. The second-order valence-corrected chi connectivity index (χ2v) is 5.24. The molecule has 0 bridgehead atoms. The molecule has 0 saturated carbocycles.